The van der Waals surface area contributed by atoms with Crippen LogP contribution in [0.1, 0.15) is 137 Å². The van der Waals surface area contributed by atoms with Crippen molar-refractivity contribution in [2.24, 2.45) is 70.5 Å². The maximum absolute atomic E-state index is 4.02. The molecule has 0 aliphatic carbocycles. The fourth-order valence-corrected chi connectivity index (χ4v) is 3.38. The number of nitrogens with zero attached hydrogens (tertiary/aromatic N) is 33. The number of aromatic nitrogens is 33. The van der Waals surface area contributed by atoms with Crippen LogP contribution in [-0.4, -0.2) is 165 Å². The van der Waals surface area contributed by atoms with Crippen molar-refractivity contribution in [1.29, 1.82) is 0 Å². The van der Waals surface area contributed by atoms with Gasteiger partial charge in [-0.15, -0.1) is 45.9 Å². The minimum atomic E-state index is 0.711. The molecule has 10 rings (SSSR count). The Bertz CT molecular complexity index is 2300. The van der Waals surface area contributed by atoms with E-state index in [2.05, 4.69) is 118 Å². The van der Waals surface area contributed by atoms with Crippen molar-refractivity contribution in [3.05, 3.63) is 103 Å². The third kappa shape index (κ3) is 53.0. The van der Waals surface area contributed by atoms with Gasteiger partial charge in [-0.2, -0.15) is 45.0 Å². The molecule has 0 aliphatic heterocycles. The molecule has 33 nitrogen and oxygen atoms in total. The van der Waals surface area contributed by atoms with Crippen molar-refractivity contribution in [3.63, 3.8) is 0 Å². The minimum absolute atomic E-state index is 0.711. The van der Waals surface area contributed by atoms with E-state index >= 15 is 0 Å². The van der Waals surface area contributed by atoms with Crippen LogP contribution in [0.4, 0.5) is 0 Å². The van der Waals surface area contributed by atoms with Gasteiger partial charge in [-0.25, -0.2) is 19.3 Å². The van der Waals surface area contributed by atoms with E-state index in [1.54, 1.807) is 118 Å². The number of tetrazole rings is 3. The first kappa shape index (κ1) is 86.1. The third-order valence-electron chi connectivity index (χ3n) is 7.37. The first-order valence-corrected chi connectivity index (χ1v) is 26.5. The Morgan fingerprint density at radius 2 is 0.728 bits per heavy atom. The topological polar surface area (TPSA) is 346 Å². The molecule has 0 aromatic carbocycles. The maximum atomic E-state index is 4.02. The fourth-order valence-electron chi connectivity index (χ4n) is 3.38. The number of rotatable bonds is 0. The molecule has 0 radical (unpaired) electrons. The SMILES string of the molecule is CC.CC.CC.CC.CC.CC.CC.Cc1nn(C)nc1C.Cc1nnc(C)n1C.Cc1nnn(C)n1.Cc1nnnn1C.Cc1nnnn1C.Cn1ccnn1.Cn1cncn1.Cn1cncn1.Cn1cnnc1.Cn1nccn1. The fraction of sp³-hybridized carbons (Fsp3) is 0.646. The van der Waals surface area contributed by atoms with Crippen molar-refractivity contribution in [3.8, 4) is 0 Å². The van der Waals surface area contributed by atoms with Gasteiger partial charge in [0.1, 0.15) is 61.3 Å². The summed E-state index contributed by atoms with van der Waals surface area (Å²) in [5, 5.41) is 76.9. The summed E-state index contributed by atoms with van der Waals surface area (Å²) in [4.78, 5) is 11.8. The predicted octanol–water partition coefficient (Wildman–Crippen LogP) is 5.68. The zero-order valence-electron chi connectivity index (χ0n) is 55.0. The smallest absolute Gasteiger partial charge is 0.171 e. The van der Waals surface area contributed by atoms with Gasteiger partial charge in [0.25, 0.3) is 0 Å². The summed E-state index contributed by atoms with van der Waals surface area (Å²) in [5.41, 5.74) is 2.01. The second kappa shape index (κ2) is 62.0. The van der Waals surface area contributed by atoms with Crippen molar-refractivity contribution in [2.45, 2.75) is 145 Å². The summed E-state index contributed by atoms with van der Waals surface area (Å²) in [7, 11) is 18.2. The summed E-state index contributed by atoms with van der Waals surface area (Å²) in [6, 6.07) is 0. The van der Waals surface area contributed by atoms with Gasteiger partial charge in [0, 0.05) is 69.6 Å². The van der Waals surface area contributed by atoms with Crippen LogP contribution in [0.3, 0.4) is 0 Å². The van der Waals surface area contributed by atoms with Crippen LogP contribution in [0.5, 0.6) is 0 Å². The zero-order valence-corrected chi connectivity index (χ0v) is 55.0. The molecule has 33 heteroatoms. The van der Waals surface area contributed by atoms with Crippen LogP contribution in [0.2, 0.25) is 0 Å². The first-order valence-electron chi connectivity index (χ1n) is 26.5. The molecule has 0 amide bonds. The molecule has 0 bridgehead atoms. The van der Waals surface area contributed by atoms with Crippen LogP contribution in [0.25, 0.3) is 0 Å². The molecule has 0 spiro atoms. The van der Waals surface area contributed by atoms with E-state index in [1.807, 2.05) is 185 Å². The largest absolute Gasteiger partial charge is 0.323 e. The van der Waals surface area contributed by atoms with E-state index < -0.39 is 0 Å². The van der Waals surface area contributed by atoms with Crippen molar-refractivity contribution < 1.29 is 0 Å². The highest BCUT2D eigenvalue weighted by molar-refractivity contribution is 5.02. The first-order chi connectivity index (χ1) is 38.8. The van der Waals surface area contributed by atoms with Crippen LogP contribution in [-0.2, 0) is 70.5 Å². The van der Waals surface area contributed by atoms with Crippen LogP contribution in [0, 0.1) is 48.5 Å². The second-order valence-corrected chi connectivity index (χ2v) is 13.1. The van der Waals surface area contributed by atoms with E-state index in [0.29, 0.717) is 5.82 Å². The molecule has 10 aromatic rings. The van der Waals surface area contributed by atoms with Gasteiger partial charge in [-0.3, -0.25) is 14.0 Å². The lowest BCUT2D eigenvalue weighted by atomic mass is 10.4. The molecule has 10 aromatic heterocycles. The van der Waals surface area contributed by atoms with Gasteiger partial charge in [0.15, 0.2) is 5.82 Å². The molecule has 0 saturated heterocycles. The van der Waals surface area contributed by atoms with Gasteiger partial charge in [0.05, 0.1) is 37.0 Å². The Balaban J connectivity index is -0.000000147. The Kier molecular flexibility index (Phi) is 65.9. The van der Waals surface area contributed by atoms with E-state index in [1.165, 1.54) is 22.2 Å². The third-order valence-corrected chi connectivity index (χ3v) is 7.37. The van der Waals surface area contributed by atoms with Crippen molar-refractivity contribution in [1.82, 2.24) is 165 Å². The monoisotopic (exact) mass is 1140 g/mol. The van der Waals surface area contributed by atoms with Gasteiger partial charge < -0.3 is 9.13 Å². The molecule has 0 aliphatic rings. The Morgan fingerprint density at radius 3 is 0.827 bits per heavy atom. The summed E-state index contributed by atoms with van der Waals surface area (Å²) >= 11 is 0. The molecule has 10 heterocycles. The Morgan fingerprint density at radius 1 is 0.333 bits per heavy atom. The van der Waals surface area contributed by atoms with E-state index in [4.69, 9.17) is 0 Å². The molecule has 0 saturated carbocycles. The average Bonchev–Trinajstić information content (AvgIpc) is 4.33. The van der Waals surface area contributed by atoms with E-state index in [0.717, 1.165) is 34.7 Å². The number of aryl methyl sites for hydroxylation is 16. The lowest BCUT2D eigenvalue weighted by Gasteiger charge is -1.90. The molecule has 0 fully saturated rings. The standard InChI is InChI=1S/2C5H9N3.3C3H6N4.5C3H5N3.7C2H6/c1-4-6-7-5(2)8(4)3;1-4-5(2)7-8(3)6-4;2*1-3-4-5-6-7(3)2;1-3-4-6-7(2)5-3;1-6-2-4-5-3-6;2*1-6-3-4-2-5-6;1-6-3-2-4-5-6;1-6-4-2-3-5-6;7*1-2/h2*1-3H3;3*1-2H3;5*2-3H,1H3;7*1-2H3. The van der Waals surface area contributed by atoms with Gasteiger partial charge in [0.2, 0.25) is 0 Å². The highest BCUT2D eigenvalue weighted by Gasteiger charge is 1.96. The van der Waals surface area contributed by atoms with Crippen LogP contribution < -0.4 is 0 Å². The van der Waals surface area contributed by atoms with Crippen molar-refractivity contribution in [2.75, 3.05) is 0 Å². The van der Waals surface area contributed by atoms with Gasteiger partial charge in [-0.05, 0) is 74.5 Å². The molecule has 0 unspecified atom stereocenters. The highest BCUT2D eigenvalue weighted by atomic mass is 15.6. The summed E-state index contributed by atoms with van der Waals surface area (Å²) in [6.07, 6.45) is 16.2. The molecular weight excluding hydrogens is 1040 g/mol. The van der Waals surface area contributed by atoms with Crippen LogP contribution >= 0.6 is 0 Å². The molecule has 81 heavy (non-hydrogen) atoms. The Labute approximate surface area is 482 Å². The van der Waals surface area contributed by atoms with E-state index in [9.17, 15) is 0 Å². The zero-order chi connectivity index (χ0) is 64.1. The normalized spacial score (nSPS) is 8.19. The minimum Gasteiger partial charge on any atom is -0.323 e. The average molecular weight is 1140 g/mol. The summed E-state index contributed by atoms with van der Waals surface area (Å²) in [6.45, 7) is 41.2. The molecular formula is C48H103N33. The van der Waals surface area contributed by atoms with Crippen LogP contribution in [0.15, 0.2) is 62.8 Å². The molecule has 0 N–H and O–H groups in total. The van der Waals surface area contributed by atoms with E-state index in [-0.39, 0.29) is 0 Å². The lowest BCUT2D eigenvalue weighted by molar-refractivity contribution is 0.629. The van der Waals surface area contributed by atoms with Crippen molar-refractivity contribution >= 4 is 0 Å². The second-order valence-electron chi connectivity index (χ2n) is 13.1. The highest BCUT2D eigenvalue weighted by Crippen LogP contribution is 1.94. The predicted molar refractivity (Wildman–Crippen MR) is 316 cm³/mol. The summed E-state index contributed by atoms with van der Waals surface area (Å²) in [5.74, 6) is 4.30. The number of hydrogen-bond donors (Lipinski definition) is 0. The van der Waals surface area contributed by atoms with Gasteiger partial charge >= 0.3 is 0 Å². The Hall–Kier alpha value is -8.81. The number of hydrogen-bond acceptors (Lipinski definition) is 23. The van der Waals surface area contributed by atoms with Gasteiger partial charge in [-0.1, -0.05) is 102 Å². The molecule has 460 valence electrons. The quantitative estimate of drug-likeness (QED) is 0.176. The lowest BCUT2D eigenvalue weighted by Crippen LogP contribution is -1.92. The molecule has 0 atom stereocenters. The summed E-state index contributed by atoms with van der Waals surface area (Å²) < 4.78 is 11.9. The maximum Gasteiger partial charge on any atom is 0.171 e.